The summed E-state index contributed by atoms with van der Waals surface area (Å²) in [5, 5.41) is 4.33. The number of benzene rings is 2. The van der Waals surface area contributed by atoms with Crippen molar-refractivity contribution in [3.63, 3.8) is 0 Å². The van der Waals surface area contributed by atoms with Gasteiger partial charge in [-0.15, -0.1) is 0 Å². The largest absolute Gasteiger partial charge is 0.493 e. The van der Waals surface area contributed by atoms with Gasteiger partial charge >= 0.3 is 6.03 Å². The fraction of sp³-hybridized carbons (Fsp3) is 0.125. The number of rotatable bonds is 6. The molecule has 0 aliphatic heterocycles. The highest BCUT2D eigenvalue weighted by molar-refractivity contribution is 6.31. The SMILES string of the molecule is COc1cc(/C=N\NC(N)=O)ccc1OCc1ccccc1Cl. The molecule has 0 heterocycles. The van der Waals surface area contributed by atoms with Crippen molar-refractivity contribution in [2.24, 2.45) is 10.8 Å². The van der Waals surface area contributed by atoms with E-state index in [4.69, 9.17) is 26.8 Å². The van der Waals surface area contributed by atoms with Crippen molar-refractivity contribution in [2.45, 2.75) is 6.61 Å². The van der Waals surface area contributed by atoms with Gasteiger partial charge < -0.3 is 15.2 Å². The second-order valence-corrected chi connectivity index (χ2v) is 4.93. The predicted octanol–water partition coefficient (Wildman–Crippen LogP) is 2.93. The third-order valence-corrected chi connectivity index (χ3v) is 3.29. The molecule has 3 N–H and O–H groups in total. The van der Waals surface area contributed by atoms with Gasteiger partial charge in [0.1, 0.15) is 6.61 Å². The molecule has 120 valence electrons. The van der Waals surface area contributed by atoms with Gasteiger partial charge in [0, 0.05) is 10.6 Å². The average Bonchev–Trinajstić information content (AvgIpc) is 2.54. The number of ether oxygens (including phenoxy) is 2. The Morgan fingerprint density at radius 3 is 2.78 bits per heavy atom. The minimum absolute atomic E-state index is 0.326. The van der Waals surface area contributed by atoms with Crippen LogP contribution in [-0.4, -0.2) is 19.4 Å². The predicted molar refractivity (Wildman–Crippen MR) is 89.1 cm³/mol. The van der Waals surface area contributed by atoms with Crippen molar-refractivity contribution in [1.29, 1.82) is 0 Å². The highest BCUT2D eigenvalue weighted by atomic mass is 35.5. The molecule has 6 nitrogen and oxygen atoms in total. The molecule has 2 aromatic rings. The van der Waals surface area contributed by atoms with Crippen molar-refractivity contribution in [3.8, 4) is 11.5 Å². The molecule has 2 amide bonds. The molecule has 0 fully saturated rings. The first-order chi connectivity index (χ1) is 11.1. The molecule has 0 atom stereocenters. The van der Waals surface area contributed by atoms with Gasteiger partial charge in [-0.1, -0.05) is 29.8 Å². The first-order valence-electron chi connectivity index (χ1n) is 6.73. The standard InChI is InChI=1S/C16H16ClN3O3/c1-22-15-8-11(9-19-20-16(18)21)6-7-14(15)23-10-12-4-2-3-5-13(12)17/h2-9H,10H2,1H3,(H3,18,20,21)/b19-9-. The third-order valence-electron chi connectivity index (χ3n) is 2.92. The number of primary amides is 1. The van der Waals surface area contributed by atoms with E-state index in [1.54, 1.807) is 25.3 Å². The van der Waals surface area contributed by atoms with E-state index in [0.717, 1.165) is 11.1 Å². The Morgan fingerprint density at radius 2 is 2.09 bits per heavy atom. The maximum absolute atomic E-state index is 10.6. The number of halogens is 1. The Kier molecular flexibility index (Phi) is 5.82. The lowest BCUT2D eigenvalue weighted by atomic mass is 10.2. The number of hydrogen-bond donors (Lipinski definition) is 2. The molecule has 23 heavy (non-hydrogen) atoms. The van der Waals surface area contributed by atoms with Crippen LogP contribution in [0.3, 0.4) is 0 Å². The molecule has 7 heteroatoms. The van der Waals surface area contributed by atoms with Gasteiger partial charge in [-0.2, -0.15) is 5.10 Å². The average molecular weight is 334 g/mol. The number of hydrogen-bond acceptors (Lipinski definition) is 4. The summed E-state index contributed by atoms with van der Waals surface area (Å²) in [5.41, 5.74) is 8.65. The fourth-order valence-electron chi connectivity index (χ4n) is 1.83. The van der Waals surface area contributed by atoms with E-state index in [-0.39, 0.29) is 0 Å². The summed E-state index contributed by atoms with van der Waals surface area (Å²) >= 11 is 6.10. The Balaban J connectivity index is 2.09. The zero-order chi connectivity index (χ0) is 16.7. The van der Waals surface area contributed by atoms with Gasteiger partial charge in [-0.05, 0) is 29.8 Å². The van der Waals surface area contributed by atoms with Crippen molar-refractivity contribution in [1.82, 2.24) is 5.43 Å². The topological polar surface area (TPSA) is 85.9 Å². The summed E-state index contributed by atoms with van der Waals surface area (Å²) in [5.74, 6) is 1.12. The van der Waals surface area contributed by atoms with Crippen LogP contribution in [0.4, 0.5) is 4.79 Å². The molecule has 0 aromatic heterocycles. The Hall–Kier alpha value is -2.73. The molecule has 2 aromatic carbocycles. The zero-order valence-corrected chi connectivity index (χ0v) is 13.2. The Bertz CT molecular complexity index is 719. The van der Waals surface area contributed by atoms with Gasteiger partial charge in [0.2, 0.25) is 0 Å². The molecule has 0 radical (unpaired) electrons. The normalized spacial score (nSPS) is 10.5. The Labute approximate surface area is 138 Å². The van der Waals surface area contributed by atoms with Crippen LogP contribution in [0.15, 0.2) is 47.6 Å². The maximum Gasteiger partial charge on any atom is 0.332 e. The summed E-state index contributed by atoms with van der Waals surface area (Å²) < 4.78 is 11.0. The number of methoxy groups -OCH3 is 1. The quantitative estimate of drug-likeness (QED) is 0.629. The van der Waals surface area contributed by atoms with Gasteiger partial charge in [-0.25, -0.2) is 10.2 Å². The number of nitrogens with one attached hydrogen (secondary N) is 1. The lowest BCUT2D eigenvalue weighted by Gasteiger charge is -2.12. The number of carbonyl (C=O) groups excluding carboxylic acids is 1. The van der Waals surface area contributed by atoms with E-state index in [9.17, 15) is 4.79 Å². The van der Waals surface area contributed by atoms with E-state index in [1.165, 1.54) is 6.21 Å². The molecule has 0 unspecified atom stereocenters. The third kappa shape index (κ3) is 4.89. The summed E-state index contributed by atoms with van der Waals surface area (Å²) in [6.45, 7) is 0.326. The molecule has 2 rings (SSSR count). The molecule has 0 aliphatic carbocycles. The molecule has 0 spiro atoms. The van der Waals surface area contributed by atoms with E-state index >= 15 is 0 Å². The van der Waals surface area contributed by atoms with Crippen LogP contribution in [-0.2, 0) is 6.61 Å². The van der Waals surface area contributed by atoms with Crippen LogP contribution in [0.2, 0.25) is 5.02 Å². The van der Waals surface area contributed by atoms with E-state index in [1.807, 2.05) is 24.3 Å². The van der Waals surface area contributed by atoms with Gasteiger partial charge in [0.15, 0.2) is 11.5 Å². The molecular weight excluding hydrogens is 318 g/mol. The van der Waals surface area contributed by atoms with Crippen molar-refractivity contribution in [2.75, 3.05) is 7.11 Å². The van der Waals surface area contributed by atoms with Crippen LogP contribution in [0.1, 0.15) is 11.1 Å². The summed E-state index contributed by atoms with van der Waals surface area (Å²) in [6, 6.07) is 12.0. The van der Waals surface area contributed by atoms with Gasteiger partial charge in [0.25, 0.3) is 0 Å². The van der Waals surface area contributed by atoms with Gasteiger partial charge in [0.05, 0.1) is 13.3 Å². The number of carbonyl (C=O) groups is 1. The van der Waals surface area contributed by atoms with Crippen LogP contribution >= 0.6 is 11.6 Å². The smallest absolute Gasteiger partial charge is 0.332 e. The summed E-state index contributed by atoms with van der Waals surface area (Å²) in [7, 11) is 1.54. The minimum atomic E-state index is -0.729. The number of urea groups is 1. The van der Waals surface area contributed by atoms with Crippen LogP contribution in [0, 0.1) is 0 Å². The number of amides is 2. The van der Waals surface area contributed by atoms with E-state index in [0.29, 0.717) is 23.1 Å². The van der Waals surface area contributed by atoms with Crippen LogP contribution in [0.25, 0.3) is 0 Å². The Morgan fingerprint density at radius 1 is 1.30 bits per heavy atom. The van der Waals surface area contributed by atoms with Crippen molar-refractivity contribution in [3.05, 3.63) is 58.6 Å². The van der Waals surface area contributed by atoms with E-state index in [2.05, 4.69) is 10.5 Å². The molecule has 0 saturated heterocycles. The van der Waals surface area contributed by atoms with Crippen LogP contribution in [0.5, 0.6) is 11.5 Å². The van der Waals surface area contributed by atoms with Crippen molar-refractivity contribution < 1.29 is 14.3 Å². The highest BCUT2D eigenvalue weighted by Gasteiger charge is 2.07. The summed E-state index contributed by atoms with van der Waals surface area (Å²) in [4.78, 5) is 10.6. The van der Waals surface area contributed by atoms with Gasteiger partial charge in [-0.3, -0.25) is 0 Å². The molecular formula is C16H16ClN3O3. The lowest BCUT2D eigenvalue weighted by Crippen LogP contribution is -2.24. The monoisotopic (exact) mass is 333 g/mol. The highest BCUT2D eigenvalue weighted by Crippen LogP contribution is 2.29. The molecule has 0 saturated carbocycles. The summed E-state index contributed by atoms with van der Waals surface area (Å²) in [6.07, 6.45) is 1.45. The second kappa shape index (κ2) is 8.05. The molecule has 0 aliphatic rings. The number of nitrogens with two attached hydrogens (primary N) is 1. The van der Waals surface area contributed by atoms with Crippen LogP contribution < -0.4 is 20.6 Å². The van der Waals surface area contributed by atoms with Crippen molar-refractivity contribution >= 4 is 23.8 Å². The zero-order valence-electron chi connectivity index (χ0n) is 12.5. The fourth-order valence-corrected chi connectivity index (χ4v) is 2.02. The molecule has 0 bridgehead atoms. The minimum Gasteiger partial charge on any atom is -0.493 e. The number of hydrazone groups is 1. The first kappa shape index (κ1) is 16.6. The number of nitrogens with zero attached hydrogens (tertiary/aromatic N) is 1. The second-order valence-electron chi connectivity index (χ2n) is 4.52. The lowest BCUT2D eigenvalue weighted by molar-refractivity contribution is 0.249. The maximum atomic E-state index is 10.6. The van der Waals surface area contributed by atoms with E-state index < -0.39 is 6.03 Å². The first-order valence-corrected chi connectivity index (χ1v) is 7.10.